The molecule has 0 saturated carbocycles. The number of phenols is 1. The molecule has 1 amide bonds. The zero-order chi connectivity index (χ0) is 20.1. The highest BCUT2D eigenvalue weighted by Gasteiger charge is 2.13. The molecule has 0 aliphatic heterocycles. The molecule has 3 rings (SSSR count). The maximum Gasteiger partial charge on any atom is 0.280 e. The molecule has 0 aliphatic rings. The van der Waals surface area contributed by atoms with Gasteiger partial charge < -0.3 is 20.5 Å². The number of ether oxygens (including phenoxy) is 1. The van der Waals surface area contributed by atoms with Crippen molar-refractivity contribution in [3.63, 3.8) is 0 Å². The summed E-state index contributed by atoms with van der Waals surface area (Å²) in [5.41, 5.74) is 0.756. The number of rotatable bonds is 5. The molecule has 0 spiro atoms. The smallest absolute Gasteiger partial charge is 0.280 e. The first-order valence-electron chi connectivity index (χ1n) is 8.54. The molecule has 1 atom stereocenters. The molecule has 4 N–H and O–H groups in total. The van der Waals surface area contributed by atoms with Gasteiger partial charge in [-0.2, -0.15) is 10.1 Å². The number of aliphatic imine (C=N–C) groups is 1. The molecular weight excluding hydrogens is 365 g/mol. The number of guanidine groups is 1. The van der Waals surface area contributed by atoms with Crippen LogP contribution < -0.4 is 10.6 Å². The monoisotopic (exact) mass is 385 g/mol. The molecule has 2 aromatic carbocycles. The number of nitrogens with zero attached hydrogens (tertiary/aromatic N) is 2. The molecule has 9 heteroatoms. The van der Waals surface area contributed by atoms with Gasteiger partial charge in [0.1, 0.15) is 17.4 Å². The third kappa shape index (κ3) is 4.63. The van der Waals surface area contributed by atoms with Crippen molar-refractivity contribution < 1.29 is 19.0 Å². The van der Waals surface area contributed by atoms with E-state index < -0.39 is 11.7 Å². The van der Waals surface area contributed by atoms with Crippen LogP contribution in [0.15, 0.2) is 47.5 Å². The Hall–Kier alpha value is -3.46. The van der Waals surface area contributed by atoms with Crippen LogP contribution in [0.25, 0.3) is 10.9 Å². The minimum atomic E-state index is -0.505. The van der Waals surface area contributed by atoms with Crippen LogP contribution in [0.3, 0.4) is 0 Å². The van der Waals surface area contributed by atoms with Crippen molar-refractivity contribution in [2.24, 2.45) is 4.99 Å². The number of anilines is 1. The van der Waals surface area contributed by atoms with Crippen molar-refractivity contribution in [3.05, 3.63) is 53.8 Å². The van der Waals surface area contributed by atoms with E-state index in [0.29, 0.717) is 28.9 Å². The Morgan fingerprint density at radius 2 is 2.07 bits per heavy atom. The lowest BCUT2D eigenvalue weighted by atomic mass is 10.2. The molecule has 146 valence electrons. The number of nitrogens with one attached hydrogen (secondary N) is 3. The normalized spacial score (nSPS) is 12.8. The van der Waals surface area contributed by atoms with Crippen LogP contribution in [0.1, 0.15) is 17.3 Å². The van der Waals surface area contributed by atoms with Crippen LogP contribution in [0.5, 0.6) is 5.75 Å². The van der Waals surface area contributed by atoms with E-state index >= 15 is 0 Å². The van der Waals surface area contributed by atoms with Gasteiger partial charge in [0.2, 0.25) is 5.96 Å². The van der Waals surface area contributed by atoms with Gasteiger partial charge >= 0.3 is 0 Å². The van der Waals surface area contributed by atoms with Gasteiger partial charge in [-0.25, -0.2) is 4.39 Å². The van der Waals surface area contributed by atoms with Gasteiger partial charge in [-0.05, 0) is 43.3 Å². The Labute approximate surface area is 160 Å². The number of phenolic OH excluding ortho intramolecular Hbond substituents is 1. The van der Waals surface area contributed by atoms with Crippen molar-refractivity contribution >= 4 is 28.6 Å². The number of halogens is 1. The number of hydrogen-bond donors (Lipinski definition) is 4. The molecule has 28 heavy (non-hydrogen) atoms. The standard InChI is InChI=1S/C19H20FN5O3/c1-11(10-28-2)21-19(23-18(27)12-3-6-14(26)7-4-12)22-17-15-8-5-13(20)9-16(15)24-25-17/h3-9,11,26H,10H2,1-2H3,(H3,21,22,23,24,25,27)/t11-/m0/s1. The third-order valence-corrected chi connectivity index (χ3v) is 3.89. The fraction of sp³-hybridized carbons (Fsp3) is 0.211. The van der Waals surface area contributed by atoms with Crippen LogP contribution in [0.4, 0.5) is 10.2 Å². The Bertz CT molecular complexity index is 1000. The molecule has 8 nitrogen and oxygen atoms in total. The summed E-state index contributed by atoms with van der Waals surface area (Å²) >= 11 is 0. The fourth-order valence-electron chi connectivity index (χ4n) is 2.59. The summed E-state index contributed by atoms with van der Waals surface area (Å²) in [5, 5.41) is 22.9. The predicted molar refractivity (Wildman–Crippen MR) is 104 cm³/mol. The number of carbonyl (C=O) groups excluding carboxylic acids is 1. The summed E-state index contributed by atoms with van der Waals surface area (Å²) < 4.78 is 18.5. The average molecular weight is 385 g/mol. The highest BCUT2D eigenvalue weighted by atomic mass is 19.1. The average Bonchev–Trinajstić information content (AvgIpc) is 3.04. The third-order valence-electron chi connectivity index (χ3n) is 3.89. The highest BCUT2D eigenvalue weighted by Crippen LogP contribution is 2.21. The maximum atomic E-state index is 13.4. The van der Waals surface area contributed by atoms with Gasteiger partial charge in [-0.1, -0.05) is 0 Å². The first-order valence-corrected chi connectivity index (χ1v) is 8.54. The SMILES string of the molecule is COC[C@H](C)N/C(=N/C(=O)c1ccc(O)cc1)Nc1[nH]nc2cc(F)ccc12. The van der Waals surface area contributed by atoms with Crippen molar-refractivity contribution in [2.75, 3.05) is 19.0 Å². The van der Waals surface area contributed by atoms with E-state index in [9.17, 15) is 14.3 Å². The Balaban J connectivity index is 1.89. The second-order valence-corrected chi connectivity index (χ2v) is 6.20. The minimum absolute atomic E-state index is 0.0573. The zero-order valence-corrected chi connectivity index (χ0v) is 15.4. The summed E-state index contributed by atoms with van der Waals surface area (Å²) in [6.45, 7) is 2.26. The van der Waals surface area contributed by atoms with Gasteiger partial charge in [0.15, 0.2) is 0 Å². The van der Waals surface area contributed by atoms with Crippen molar-refractivity contribution in [3.8, 4) is 5.75 Å². The minimum Gasteiger partial charge on any atom is -0.508 e. The number of aromatic nitrogens is 2. The first-order chi connectivity index (χ1) is 13.5. The largest absolute Gasteiger partial charge is 0.508 e. The van der Waals surface area contributed by atoms with E-state index in [1.165, 1.54) is 36.4 Å². The van der Waals surface area contributed by atoms with Crippen LogP contribution in [0.2, 0.25) is 0 Å². The molecule has 0 radical (unpaired) electrons. The van der Waals surface area contributed by atoms with Gasteiger partial charge in [0.05, 0.1) is 12.1 Å². The molecule has 1 heterocycles. The molecule has 0 unspecified atom stereocenters. The zero-order valence-electron chi connectivity index (χ0n) is 15.4. The first kappa shape index (κ1) is 19.3. The number of H-pyrrole nitrogens is 1. The van der Waals surface area contributed by atoms with E-state index in [-0.39, 0.29) is 17.8 Å². The number of aromatic amines is 1. The number of fused-ring (bicyclic) bond motifs is 1. The van der Waals surface area contributed by atoms with E-state index in [0.717, 1.165) is 0 Å². The molecular formula is C19H20FN5O3. The van der Waals surface area contributed by atoms with E-state index in [1.807, 2.05) is 6.92 Å². The summed E-state index contributed by atoms with van der Waals surface area (Å²) in [6.07, 6.45) is 0. The van der Waals surface area contributed by atoms with Gasteiger partial charge in [0.25, 0.3) is 5.91 Å². The molecule has 0 fully saturated rings. The molecule has 0 saturated heterocycles. The lowest BCUT2D eigenvalue weighted by Crippen LogP contribution is -2.40. The molecule has 3 aromatic rings. The van der Waals surface area contributed by atoms with E-state index in [4.69, 9.17) is 4.74 Å². The number of methoxy groups -OCH3 is 1. The highest BCUT2D eigenvalue weighted by molar-refractivity contribution is 6.08. The molecule has 1 aromatic heterocycles. The number of hydrogen-bond acceptors (Lipinski definition) is 4. The number of aromatic hydroxyl groups is 1. The van der Waals surface area contributed by atoms with Crippen molar-refractivity contribution in [1.82, 2.24) is 15.5 Å². The van der Waals surface area contributed by atoms with Gasteiger partial charge in [-0.15, -0.1) is 0 Å². The summed E-state index contributed by atoms with van der Waals surface area (Å²) in [7, 11) is 1.57. The summed E-state index contributed by atoms with van der Waals surface area (Å²) in [4.78, 5) is 16.6. The van der Waals surface area contributed by atoms with Crippen LogP contribution in [-0.2, 0) is 4.74 Å². The van der Waals surface area contributed by atoms with Crippen molar-refractivity contribution in [1.29, 1.82) is 0 Å². The maximum absolute atomic E-state index is 13.4. The number of benzene rings is 2. The number of amides is 1. The quantitative estimate of drug-likeness (QED) is 0.397. The molecule has 0 bridgehead atoms. The predicted octanol–water partition coefficient (Wildman–Crippen LogP) is 2.64. The fourth-order valence-corrected chi connectivity index (χ4v) is 2.59. The van der Waals surface area contributed by atoms with Gasteiger partial charge in [-0.3, -0.25) is 9.89 Å². The topological polar surface area (TPSA) is 112 Å². The summed E-state index contributed by atoms with van der Waals surface area (Å²) in [6, 6.07) is 9.84. The lowest BCUT2D eigenvalue weighted by molar-refractivity contribution is 0.100. The second-order valence-electron chi connectivity index (χ2n) is 6.20. The van der Waals surface area contributed by atoms with Crippen LogP contribution in [0, 0.1) is 5.82 Å². The summed E-state index contributed by atoms with van der Waals surface area (Å²) in [5.74, 6) is -0.202. The second kappa shape index (κ2) is 8.49. The Kier molecular flexibility index (Phi) is 5.85. The van der Waals surface area contributed by atoms with Gasteiger partial charge in [0, 0.05) is 30.2 Å². The Morgan fingerprint density at radius 3 is 2.79 bits per heavy atom. The molecule has 0 aliphatic carbocycles. The van der Waals surface area contributed by atoms with Crippen molar-refractivity contribution in [2.45, 2.75) is 13.0 Å². The Morgan fingerprint density at radius 1 is 1.32 bits per heavy atom. The van der Waals surface area contributed by atoms with Crippen LogP contribution in [-0.4, -0.2) is 46.9 Å². The van der Waals surface area contributed by atoms with E-state index in [2.05, 4.69) is 25.8 Å². The lowest BCUT2D eigenvalue weighted by Gasteiger charge is -2.16. The van der Waals surface area contributed by atoms with Crippen LogP contribution >= 0.6 is 0 Å². The van der Waals surface area contributed by atoms with E-state index in [1.54, 1.807) is 13.2 Å². The number of carbonyl (C=O) groups is 1.